The molecule has 7 nitrogen and oxygen atoms in total. The Morgan fingerprint density at radius 3 is 2.71 bits per heavy atom. The third-order valence-corrected chi connectivity index (χ3v) is 4.53. The average Bonchev–Trinajstić information content (AvgIpc) is 2.95. The van der Waals surface area contributed by atoms with Gasteiger partial charge in [-0.1, -0.05) is 25.1 Å². The Labute approximate surface area is 162 Å². The largest absolute Gasteiger partial charge is 0.491 e. The Morgan fingerprint density at radius 1 is 1.25 bits per heavy atom. The molecule has 2 aromatic rings. The number of carbonyl (C=O) groups excluding carboxylic acids is 2. The second kappa shape index (κ2) is 8.12. The van der Waals surface area contributed by atoms with E-state index < -0.39 is 17.9 Å². The molecule has 2 amide bonds. The highest BCUT2D eigenvalue weighted by molar-refractivity contribution is 6.23. The lowest BCUT2D eigenvalue weighted by Gasteiger charge is -2.20. The zero-order chi connectivity index (χ0) is 20.3. The van der Waals surface area contributed by atoms with E-state index in [1.807, 2.05) is 6.92 Å². The summed E-state index contributed by atoms with van der Waals surface area (Å²) in [4.78, 5) is 37.9. The van der Waals surface area contributed by atoms with Crippen molar-refractivity contribution in [3.05, 3.63) is 53.6 Å². The van der Waals surface area contributed by atoms with Crippen molar-refractivity contribution >= 4 is 29.2 Å². The van der Waals surface area contributed by atoms with Gasteiger partial charge in [-0.2, -0.15) is 0 Å². The summed E-state index contributed by atoms with van der Waals surface area (Å²) < 4.78 is 5.68. The number of hydrogen-bond acceptors (Lipinski definition) is 5. The predicted octanol–water partition coefficient (Wildman–Crippen LogP) is 3.23. The molecule has 146 valence electrons. The zero-order valence-corrected chi connectivity index (χ0v) is 15.8. The van der Waals surface area contributed by atoms with Crippen LogP contribution in [0.15, 0.2) is 42.5 Å². The molecular weight excluding hydrogens is 360 g/mol. The monoisotopic (exact) mass is 382 g/mol. The number of aryl methyl sites for hydroxylation is 1. The van der Waals surface area contributed by atoms with Crippen molar-refractivity contribution in [3.63, 3.8) is 0 Å². The molecule has 0 saturated carbocycles. The Hall–Kier alpha value is -3.35. The van der Waals surface area contributed by atoms with Gasteiger partial charge in [-0.25, -0.2) is 9.69 Å². The molecule has 28 heavy (non-hydrogen) atoms. The molecule has 1 fully saturated rings. The van der Waals surface area contributed by atoms with Gasteiger partial charge < -0.3 is 15.2 Å². The van der Waals surface area contributed by atoms with E-state index >= 15 is 0 Å². The number of hydrogen-bond donors (Lipinski definition) is 2. The third-order valence-electron chi connectivity index (χ3n) is 4.53. The number of nitrogens with zero attached hydrogens (tertiary/aromatic N) is 1. The van der Waals surface area contributed by atoms with Gasteiger partial charge in [0.15, 0.2) is 0 Å². The number of para-hydroxylation sites is 2. The summed E-state index contributed by atoms with van der Waals surface area (Å²) >= 11 is 0. The van der Waals surface area contributed by atoms with Crippen LogP contribution < -0.4 is 15.0 Å². The van der Waals surface area contributed by atoms with E-state index in [-0.39, 0.29) is 17.9 Å². The standard InChI is InChI=1S/C21H22N2O5/c1-3-10-28-18-7-5-4-6-17(18)23-19(24)12-16(20(23)25)22-15-11-14(21(26)27)9-8-13(15)2/h4-9,11,16,22H,3,10,12H2,1-2H3,(H,26,27). The highest BCUT2D eigenvalue weighted by Crippen LogP contribution is 2.33. The molecule has 1 atom stereocenters. The number of carboxylic acid groups (broad SMARTS) is 1. The molecule has 1 heterocycles. The second-order valence-electron chi connectivity index (χ2n) is 6.62. The lowest BCUT2D eigenvalue weighted by atomic mass is 10.1. The van der Waals surface area contributed by atoms with E-state index in [0.717, 1.165) is 16.9 Å². The van der Waals surface area contributed by atoms with Crippen molar-refractivity contribution in [1.29, 1.82) is 0 Å². The molecule has 0 aliphatic carbocycles. The van der Waals surface area contributed by atoms with Crippen molar-refractivity contribution in [2.75, 3.05) is 16.8 Å². The van der Waals surface area contributed by atoms with E-state index in [1.165, 1.54) is 12.1 Å². The van der Waals surface area contributed by atoms with Crippen LogP contribution in [0.25, 0.3) is 0 Å². The quantitative estimate of drug-likeness (QED) is 0.714. The van der Waals surface area contributed by atoms with Gasteiger partial charge >= 0.3 is 5.97 Å². The van der Waals surface area contributed by atoms with E-state index in [4.69, 9.17) is 4.74 Å². The average molecular weight is 382 g/mol. The molecule has 0 spiro atoms. The van der Waals surface area contributed by atoms with Crippen LogP contribution in [-0.4, -0.2) is 35.5 Å². The molecule has 3 rings (SSSR count). The van der Waals surface area contributed by atoms with Crippen LogP contribution in [0.4, 0.5) is 11.4 Å². The molecule has 0 bridgehead atoms. The number of ether oxygens (including phenoxy) is 1. The van der Waals surface area contributed by atoms with Gasteiger partial charge in [-0.05, 0) is 43.2 Å². The fourth-order valence-corrected chi connectivity index (χ4v) is 3.07. The number of anilines is 2. The van der Waals surface area contributed by atoms with Crippen LogP contribution in [-0.2, 0) is 9.59 Å². The summed E-state index contributed by atoms with van der Waals surface area (Å²) in [6, 6.07) is 10.8. The molecule has 1 saturated heterocycles. The van der Waals surface area contributed by atoms with Gasteiger partial charge in [0.2, 0.25) is 5.91 Å². The van der Waals surface area contributed by atoms with Gasteiger partial charge in [-0.3, -0.25) is 9.59 Å². The van der Waals surface area contributed by atoms with E-state index in [9.17, 15) is 19.5 Å². The fourth-order valence-electron chi connectivity index (χ4n) is 3.07. The lowest BCUT2D eigenvalue weighted by Crippen LogP contribution is -2.35. The van der Waals surface area contributed by atoms with Crippen LogP contribution in [0.2, 0.25) is 0 Å². The molecule has 7 heteroatoms. The molecule has 1 aliphatic rings. The molecular formula is C21H22N2O5. The Bertz CT molecular complexity index is 925. The summed E-state index contributed by atoms with van der Waals surface area (Å²) in [5, 5.41) is 12.2. The number of imide groups is 1. The summed E-state index contributed by atoms with van der Waals surface area (Å²) in [6.45, 7) is 4.26. The maximum atomic E-state index is 12.9. The van der Waals surface area contributed by atoms with Gasteiger partial charge in [0.25, 0.3) is 5.91 Å². The molecule has 1 unspecified atom stereocenters. The van der Waals surface area contributed by atoms with E-state index in [1.54, 1.807) is 37.3 Å². The molecule has 0 aromatic heterocycles. The van der Waals surface area contributed by atoms with Gasteiger partial charge in [0.05, 0.1) is 24.3 Å². The van der Waals surface area contributed by atoms with Gasteiger partial charge in [0.1, 0.15) is 11.8 Å². The number of rotatable bonds is 7. The maximum Gasteiger partial charge on any atom is 0.335 e. The van der Waals surface area contributed by atoms with E-state index in [0.29, 0.717) is 23.7 Å². The highest BCUT2D eigenvalue weighted by Gasteiger charge is 2.41. The first-order chi connectivity index (χ1) is 13.4. The number of nitrogens with one attached hydrogen (secondary N) is 1. The van der Waals surface area contributed by atoms with Crippen molar-refractivity contribution in [2.24, 2.45) is 0 Å². The highest BCUT2D eigenvalue weighted by atomic mass is 16.5. The molecule has 1 aliphatic heterocycles. The van der Waals surface area contributed by atoms with Crippen molar-refractivity contribution in [1.82, 2.24) is 0 Å². The topological polar surface area (TPSA) is 95.9 Å². The summed E-state index contributed by atoms with van der Waals surface area (Å²) in [7, 11) is 0. The minimum Gasteiger partial charge on any atom is -0.491 e. The SMILES string of the molecule is CCCOc1ccccc1N1C(=O)CC(Nc2cc(C(=O)O)ccc2C)C1=O. The first kappa shape index (κ1) is 19.4. The molecule has 2 aromatic carbocycles. The zero-order valence-electron chi connectivity index (χ0n) is 15.8. The second-order valence-corrected chi connectivity index (χ2v) is 6.62. The maximum absolute atomic E-state index is 12.9. The van der Waals surface area contributed by atoms with Crippen LogP contribution in [0.3, 0.4) is 0 Å². The fraction of sp³-hybridized carbons (Fsp3) is 0.286. The summed E-state index contributed by atoms with van der Waals surface area (Å²) in [5.41, 5.74) is 1.84. The number of amides is 2. The number of carbonyl (C=O) groups is 3. The minimum absolute atomic E-state index is 0.0162. The first-order valence-corrected chi connectivity index (χ1v) is 9.11. The lowest BCUT2D eigenvalue weighted by molar-refractivity contribution is -0.121. The van der Waals surface area contributed by atoms with E-state index in [2.05, 4.69) is 5.32 Å². The molecule has 0 radical (unpaired) electrons. The normalized spacial score (nSPS) is 16.4. The summed E-state index contributed by atoms with van der Waals surface area (Å²) in [5.74, 6) is -1.30. The Morgan fingerprint density at radius 2 is 2.00 bits per heavy atom. The smallest absolute Gasteiger partial charge is 0.335 e. The summed E-state index contributed by atoms with van der Waals surface area (Å²) in [6.07, 6.45) is 0.789. The predicted molar refractivity (Wildman–Crippen MR) is 105 cm³/mol. The van der Waals surface area contributed by atoms with Crippen LogP contribution in [0.1, 0.15) is 35.7 Å². The van der Waals surface area contributed by atoms with Crippen LogP contribution >= 0.6 is 0 Å². The number of benzene rings is 2. The molecule has 2 N–H and O–H groups in total. The van der Waals surface area contributed by atoms with Crippen LogP contribution in [0, 0.1) is 6.92 Å². The Balaban J connectivity index is 1.85. The Kier molecular flexibility index (Phi) is 5.63. The first-order valence-electron chi connectivity index (χ1n) is 9.11. The number of aromatic carboxylic acids is 1. The van der Waals surface area contributed by atoms with Crippen molar-refractivity contribution in [2.45, 2.75) is 32.7 Å². The number of carboxylic acids is 1. The third kappa shape index (κ3) is 3.83. The van der Waals surface area contributed by atoms with Gasteiger partial charge in [-0.15, -0.1) is 0 Å². The van der Waals surface area contributed by atoms with Crippen LogP contribution in [0.5, 0.6) is 5.75 Å². The minimum atomic E-state index is -1.06. The van der Waals surface area contributed by atoms with Gasteiger partial charge in [0, 0.05) is 5.69 Å². The van der Waals surface area contributed by atoms with Crippen molar-refractivity contribution in [3.8, 4) is 5.75 Å². The van der Waals surface area contributed by atoms with Crippen molar-refractivity contribution < 1.29 is 24.2 Å².